The van der Waals surface area contributed by atoms with Gasteiger partial charge in [-0.1, -0.05) is 29.3 Å². The van der Waals surface area contributed by atoms with Gasteiger partial charge in [-0.3, -0.25) is 4.79 Å². The highest BCUT2D eigenvalue weighted by atomic mass is 35.5. The first-order valence-electron chi connectivity index (χ1n) is 5.85. The largest absolute Gasteiger partial charge is 0.497 e. The quantitative estimate of drug-likeness (QED) is 0.572. The number of carbonyl (C=O) groups excluding carboxylic acids is 1. The van der Waals surface area contributed by atoms with Crippen molar-refractivity contribution in [3.05, 3.63) is 58.1 Å². The Balaban J connectivity index is 2.06. The van der Waals surface area contributed by atoms with Gasteiger partial charge >= 0.3 is 0 Å². The lowest BCUT2D eigenvalue weighted by atomic mass is 10.1. The molecule has 0 bridgehead atoms. The summed E-state index contributed by atoms with van der Waals surface area (Å²) in [5.41, 5.74) is 0.453. The second-order valence-corrected chi connectivity index (χ2v) is 5.91. The van der Waals surface area contributed by atoms with E-state index in [0.717, 1.165) is 10.6 Å². The molecule has 2 aromatic rings. The van der Waals surface area contributed by atoms with Crippen molar-refractivity contribution in [2.75, 3.05) is 12.9 Å². The van der Waals surface area contributed by atoms with E-state index in [1.165, 1.54) is 11.8 Å². The number of halogens is 2. The SMILES string of the molecule is COc1cccc(SCC(=O)c2cc(Cl)ccc2Cl)c1. The Hall–Kier alpha value is -1.16. The molecule has 2 rings (SSSR count). The Labute approximate surface area is 132 Å². The highest BCUT2D eigenvalue weighted by Gasteiger charge is 2.11. The number of rotatable bonds is 5. The number of hydrogen-bond acceptors (Lipinski definition) is 3. The number of Topliss-reactive ketones (excluding diaryl/α,β-unsaturated/α-hetero) is 1. The van der Waals surface area contributed by atoms with E-state index in [0.29, 0.717) is 21.4 Å². The summed E-state index contributed by atoms with van der Waals surface area (Å²) >= 11 is 13.3. The molecule has 20 heavy (non-hydrogen) atoms. The third kappa shape index (κ3) is 3.92. The van der Waals surface area contributed by atoms with Crippen molar-refractivity contribution >= 4 is 40.7 Å². The van der Waals surface area contributed by atoms with Crippen LogP contribution in [0.5, 0.6) is 5.75 Å². The van der Waals surface area contributed by atoms with Gasteiger partial charge in [0.25, 0.3) is 0 Å². The van der Waals surface area contributed by atoms with E-state index in [2.05, 4.69) is 0 Å². The standard InChI is InChI=1S/C15H12Cl2O2S/c1-19-11-3-2-4-12(8-11)20-9-15(18)13-7-10(16)5-6-14(13)17/h2-8H,9H2,1H3. The minimum atomic E-state index is -0.0506. The molecule has 0 saturated carbocycles. The molecule has 0 fully saturated rings. The van der Waals surface area contributed by atoms with Gasteiger partial charge in [-0.25, -0.2) is 0 Å². The van der Waals surface area contributed by atoms with Gasteiger partial charge in [0.05, 0.1) is 17.9 Å². The van der Waals surface area contributed by atoms with Gasteiger partial charge in [0.2, 0.25) is 0 Å². The molecule has 0 spiro atoms. The Kier molecular flexibility index (Phi) is 5.35. The Morgan fingerprint density at radius 2 is 2.00 bits per heavy atom. The maximum absolute atomic E-state index is 12.2. The van der Waals surface area contributed by atoms with Crippen LogP contribution in [0.25, 0.3) is 0 Å². The van der Waals surface area contributed by atoms with Crippen LogP contribution in [0.4, 0.5) is 0 Å². The molecule has 0 unspecified atom stereocenters. The summed E-state index contributed by atoms with van der Waals surface area (Å²) in [7, 11) is 1.61. The van der Waals surface area contributed by atoms with Crippen molar-refractivity contribution in [1.29, 1.82) is 0 Å². The fourth-order valence-electron chi connectivity index (χ4n) is 1.63. The first-order chi connectivity index (χ1) is 9.60. The van der Waals surface area contributed by atoms with Crippen LogP contribution >= 0.6 is 35.0 Å². The third-order valence-corrected chi connectivity index (χ3v) is 4.20. The predicted molar refractivity (Wildman–Crippen MR) is 84.5 cm³/mol. The maximum Gasteiger partial charge on any atom is 0.174 e. The highest BCUT2D eigenvalue weighted by molar-refractivity contribution is 8.00. The third-order valence-electron chi connectivity index (χ3n) is 2.64. The fourth-order valence-corrected chi connectivity index (χ4v) is 2.85. The van der Waals surface area contributed by atoms with Gasteiger partial charge in [0.15, 0.2) is 5.78 Å². The van der Waals surface area contributed by atoms with Crippen LogP contribution in [-0.4, -0.2) is 18.6 Å². The fraction of sp³-hybridized carbons (Fsp3) is 0.133. The molecule has 2 aromatic carbocycles. The molecule has 5 heteroatoms. The highest BCUT2D eigenvalue weighted by Crippen LogP contribution is 2.26. The Bertz CT molecular complexity index is 629. The Morgan fingerprint density at radius 1 is 1.20 bits per heavy atom. The molecule has 0 saturated heterocycles. The molecule has 0 aliphatic heterocycles. The van der Waals surface area contributed by atoms with Crippen molar-refractivity contribution in [3.63, 3.8) is 0 Å². The molecule has 0 radical (unpaired) electrons. The zero-order valence-corrected chi connectivity index (χ0v) is 13.1. The molecule has 0 N–H and O–H groups in total. The van der Waals surface area contributed by atoms with Gasteiger partial charge in [-0.2, -0.15) is 0 Å². The molecule has 2 nitrogen and oxygen atoms in total. The summed E-state index contributed by atoms with van der Waals surface area (Å²) in [6.45, 7) is 0. The van der Waals surface area contributed by atoms with Gasteiger partial charge in [-0.15, -0.1) is 11.8 Å². The van der Waals surface area contributed by atoms with Crippen LogP contribution in [-0.2, 0) is 0 Å². The number of hydrogen-bond donors (Lipinski definition) is 0. The lowest BCUT2D eigenvalue weighted by Gasteiger charge is -2.06. The van der Waals surface area contributed by atoms with E-state index in [1.54, 1.807) is 25.3 Å². The van der Waals surface area contributed by atoms with Crippen LogP contribution in [0.15, 0.2) is 47.4 Å². The average molecular weight is 327 g/mol. The number of carbonyl (C=O) groups is 1. The normalized spacial score (nSPS) is 10.3. The minimum absolute atomic E-state index is 0.0506. The average Bonchev–Trinajstić information content (AvgIpc) is 2.47. The molecular weight excluding hydrogens is 315 g/mol. The molecule has 0 aliphatic carbocycles. The van der Waals surface area contributed by atoms with Crippen LogP contribution in [0.2, 0.25) is 10.0 Å². The minimum Gasteiger partial charge on any atom is -0.497 e. The number of methoxy groups -OCH3 is 1. The van der Waals surface area contributed by atoms with Crippen LogP contribution in [0, 0.1) is 0 Å². The zero-order chi connectivity index (χ0) is 14.5. The molecule has 0 aromatic heterocycles. The van der Waals surface area contributed by atoms with Crippen molar-refractivity contribution in [1.82, 2.24) is 0 Å². The van der Waals surface area contributed by atoms with Crippen LogP contribution in [0.1, 0.15) is 10.4 Å². The number of ether oxygens (including phenoxy) is 1. The van der Waals surface area contributed by atoms with Crippen molar-refractivity contribution in [2.24, 2.45) is 0 Å². The molecule has 104 valence electrons. The smallest absolute Gasteiger partial charge is 0.174 e. The summed E-state index contributed by atoms with van der Waals surface area (Å²) in [5, 5.41) is 0.926. The lowest BCUT2D eigenvalue weighted by Crippen LogP contribution is -2.03. The lowest BCUT2D eigenvalue weighted by molar-refractivity contribution is 0.102. The summed E-state index contributed by atoms with van der Waals surface area (Å²) in [6, 6.07) is 12.5. The number of benzene rings is 2. The molecule has 0 atom stereocenters. The van der Waals surface area contributed by atoms with Crippen molar-refractivity contribution in [3.8, 4) is 5.75 Å². The van der Waals surface area contributed by atoms with Gasteiger partial charge in [-0.05, 0) is 36.4 Å². The zero-order valence-electron chi connectivity index (χ0n) is 10.7. The first kappa shape index (κ1) is 15.2. The Morgan fingerprint density at radius 3 is 2.75 bits per heavy atom. The maximum atomic E-state index is 12.2. The van der Waals surface area contributed by atoms with E-state index < -0.39 is 0 Å². The summed E-state index contributed by atoms with van der Waals surface area (Å²) in [5.74, 6) is 1.02. The van der Waals surface area contributed by atoms with Crippen LogP contribution < -0.4 is 4.74 Å². The van der Waals surface area contributed by atoms with Gasteiger partial charge in [0, 0.05) is 15.5 Å². The van der Waals surface area contributed by atoms with E-state index in [1.807, 2.05) is 24.3 Å². The number of thioether (sulfide) groups is 1. The predicted octanol–water partition coefficient (Wildman–Crippen LogP) is 4.98. The molecule has 0 heterocycles. The van der Waals surface area contributed by atoms with Crippen LogP contribution in [0.3, 0.4) is 0 Å². The molecule has 0 aliphatic rings. The van der Waals surface area contributed by atoms with E-state index in [9.17, 15) is 4.79 Å². The van der Waals surface area contributed by atoms with Crippen molar-refractivity contribution in [2.45, 2.75) is 4.90 Å². The summed E-state index contributed by atoms with van der Waals surface area (Å²) < 4.78 is 5.14. The molecular formula is C15H12Cl2O2S. The second-order valence-electron chi connectivity index (χ2n) is 4.02. The summed E-state index contributed by atoms with van der Waals surface area (Å²) in [4.78, 5) is 13.1. The monoisotopic (exact) mass is 326 g/mol. The van der Waals surface area contributed by atoms with Gasteiger partial charge in [0.1, 0.15) is 5.75 Å². The van der Waals surface area contributed by atoms with Crippen molar-refractivity contribution < 1.29 is 9.53 Å². The van der Waals surface area contributed by atoms with E-state index >= 15 is 0 Å². The second kappa shape index (κ2) is 7.02. The van der Waals surface area contributed by atoms with Gasteiger partial charge < -0.3 is 4.74 Å². The van der Waals surface area contributed by atoms with E-state index in [4.69, 9.17) is 27.9 Å². The molecule has 0 amide bonds. The topological polar surface area (TPSA) is 26.3 Å². The number of ketones is 1. The summed E-state index contributed by atoms with van der Waals surface area (Å²) in [6.07, 6.45) is 0. The van der Waals surface area contributed by atoms with E-state index in [-0.39, 0.29) is 5.78 Å². The first-order valence-corrected chi connectivity index (χ1v) is 7.59.